The summed E-state index contributed by atoms with van der Waals surface area (Å²) < 4.78 is 40.1. The Morgan fingerprint density at radius 3 is 2.45 bits per heavy atom. The fourth-order valence-electron chi connectivity index (χ4n) is 0.947. The van der Waals surface area contributed by atoms with Gasteiger partial charge in [-0.05, 0) is 6.42 Å². The maximum Gasteiger partial charge on any atom is 0.428 e. The molecule has 1 saturated heterocycles. The molecule has 66 valence electrons. The molecule has 1 aliphatic heterocycles. The van der Waals surface area contributed by atoms with Crippen LogP contribution in [0.15, 0.2) is 0 Å². The van der Waals surface area contributed by atoms with Crippen LogP contribution in [0.5, 0.6) is 0 Å². The fourth-order valence-corrected chi connectivity index (χ4v) is 0.947. The average Bonchev–Trinajstić information content (AvgIpc) is 2.32. The molecule has 0 aromatic heterocycles. The summed E-state index contributed by atoms with van der Waals surface area (Å²) >= 11 is 0. The van der Waals surface area contributed by atoms with E-state index >= 15 is 0 Å². The van der Waals surface area contributed by atoms with Crippen LogP contribution in [0, 0.1) is 0 Å². The minimum absolute atomic E-state index is 0.151. The van der Waals surface area contributed by atoms with E-state index in [1.54, 1.807) is 0 Å². The standard InChI is InChI=1S/C6H10F3NO/c1-2-4-3-11-5(10-4)6(7,8)9/h4-5,10H,2-3H2,1H3. The molecule has 0 saturated carbocycles. The van der Waals surface area contributed by atoms with Gasteiger partial charge in [-0.25, -0.2) is 0 Å². The smallest absolute Gasteiger partial charge is 0.352 e. The maximum atomic E-state index is 11.9. The molecule has 1 aliphatic rings. The van der Waals surface area contributed by atoms with Crippen molar-refractivity contribution in [1.82, 2.24) is 5.32 Å². The molecule has 0 aliphatic carbocycles. The van der Waals surface area contributed by atoms with E-state index in [4.69, 9.17) is 0 Å². The Kier molecular flexibility index (Phi) is 2.39. The predicted molar refractivity (Wildman–Crippen MR) is 33.0 cm³/mol. The zero-order chi connectivity index (χ0) is 8.48. The van der Waals surface area contributed by atoms with Crippen LogP contribution in [-0.2, 0) is 4.74 Å². The molecule has 0 spiro atoms. The van der Waals surface area contributed by atoms with Gasteiger partial charge in [0.05, 0.1) is 6.61 Å². The molecule has 0 bridgehead atoms. The first-order valence-corrected chi connectivity index (χ1v) is 3.48. The second-order valence-corrected chi connectivity index (χ2v) is 2.53. The van der Waals surface area contributed by atoms with Gasteiger partial charge in [0.15, 0.2) is 0 Å². The van der Waals surface area contributed by atoms with Crippen molar-refractivity contribution in [2.24, 2.45) is 0 Å². The van der Waals surface area contributed by atoms with Crippen LogP contribution in [0.3, 0.4) is 0 Å². The molecule has 2 nitrogen and oxygen atoms in total. The predicted octanol–water partition coefficient (Wildman–Crippen LogP) is 1.27. The first-order chi connectivity index (χ1) is 5.04. The van der Waals surface area contributed by atoms with E-state index in [1.807, 2.05) is 6.92 Å². The third-order valence-corrected chi connectivity index (χ3v) is 1.64. The minimum Gasteiger partial charge on any atom is -0.352 e. The van der Waals surface area contributed by atoms with Crippen LogP contribution in [0.4, 0.5) is 13.2 Å². The number of hydrogen-bond acceptors (Lipinski definition) is 2. The zero-order valence-corrected chi connectivity index (χ0v) is 6.11. The van der Waals surface area contributed by atoms with Crippen molar-refractivity contribution < 1.29 is 17.9 Å². The first kappa shape index (κ1) is 8.80. The molecule has 1 N–H and O–H groups in total. The van der Waals surface area contributed by atoms with Crippen LogP contribution >= 0.6 is 0 Å². The Bertz CT molecular complexity index is 136. The number of halogens is 3. The Morgan fingerprint density at radius 2 is 2.18 bits per heavy atom. The van der Waals surface area contributed by atoms with Gasteiger partial charge in [0.2, 0.25) is 6.23 Å². The lowest BCUT2D eigenvalue weighted by molar-refractivity contribution is -0.212. The average molecular weight is 169 g/mol. The van der Waals surface area contributed by atoms with Gasteiger partial charge >= 0.3 is 6.18 Å². The van der Waals surface area contributed by atoms with E-state index < -0.39 is 12.4 Å². The summed E-state index contributed by atoms with van der Waals surface area (Å²) in [6.45, 7) is 1.97. The number of hydrogen-bond donors (Lipinski definition) is 1. The minimum atomic E-state index is -4.27. The van der Waals surface area contributed by atoms with Crippen molar-refractivity contribution in [3.05, 3.63) is 0 Å². The highest BCUT2D eigenvalue weighted by molar-refractivity contribution is 4.78. The molecule has 1 rings (SSSR count). The van der Waals surface area contributed by atoms with Gasteiger partial charge in [-0.1, -0.05) is 6.92 Å². The van der Waals surface area contributed by atoms with E-state index in [0.29, 0.717) is 6.42 Å². The summed E-state index contributed by atoms with van der Waals surface area (Å²) in [6.07, 6.45) is -5.37. The molecule has 0 aromatic carbocycles. The van der Waals surface area contributed by atoms with Crippen molar-refractivity contribution in [3.63, 3.8) is 0 Å². The van der Waals surface area contributed by atoms with Crippen molar-refractivity contribution in [2.75, 3.05) is 6.61 Å². The van der Waals surface area contributed by atoms with E-state index in [0.717, 1.165) is 0 Å². The summed E-state index contributed by atoms with van der Waals surface area (Å²) in [5, 5.41) is 2.33. The molecule has 0 radical (unpaired) electrons. The summed E-state index contributed by atoms with van der Waals surface area (Å²) in [5.41, 5.74) is 0. The lowest BCUT2D eigenvalue weighted by atomic mass is 10.2. The number of nitrogens with one attached hydrogen (secondary N) is 1. The second kappa shape index (κ2) is 2.98. The number of alkyl halides is 3. The van der Waals surface area contributed by atoms with Crippen LogP contribution in [0.2, 0.25) is 0 Å². The molecule has 1 fully saturated rings. The molecule has 0 aromatic rings. The molecular weight excluding hydrogens is 159 g/mol. The van der Waals surface area contributed by atoms with Crippen LogP contribution < -0.4 is 5.32 Å². The fraction of sp³-hybridized carbons (Fsp3) is 1.00. The monoisotopic (exact) mass is 169 g/mol. The van der Waals surface area contributed by atoms with Crippen molar-refractivity contribution in [2.45, 2.75) is 31.8 Å². The van der Waals surface area contributed by atoms with E-state index in [9.17, 15) is 13.2 Å². The summed E-state index contributed by atoms with van der Waals surface area (Å²) in [7, 11) is 0. The van der Waals surface area contributed by atoms with Crippen LogP contribution in [-0.4, -0.2) is 25.1 Å². The Labute approximate surface area is 62.7 Å². The van der Waals surface area contributed by atoms with Gasteiger partial charge in [-0.2, -0.15) is 13.2 Å². The third kappa shape index (κ3) is 2.07. The van der Waals surface area contributed by atoms with Crippen LogP contribution in [0.25, 0.3) is 0 Å². The molecular formula is C6H10F3NO. The largest absolute Gasteiger partial charge is 0.428 e. The number of ether oxygens (including phenoxy) is 1. The summed E-state index contributed by atoms with van der Waals surface area (Å²) in [5.74, 6) is 0. The van der Waals surface area contributed by atoms with Gasteiger partial charge in [0, 0.05) is 6.04 Å². The van der Waals surface area contributed by atoms with Crippen molar-refractivity contribution in [1.29, 1.82) is 0 Å². The summed E-state index contributed by atoms with van der Waals surface area (Å²) in [4.78, 5) is 0. The quantitative estimate of drug-likeness (QED) is 0.638. The lowest BCUT2D eigenvalue weighted by Crippen LogP contribution is -2.41. The van der Waals surface area contributed by atoms with E-state index in [1.165, 1.54) is 0 Å². The topological polar surface area (TPSA) is 21.3 Å². The molecule has 2 unspecified atom stereocenters. The Hall–Kier alpha value is -0.290. The lowest BCUT2D eigenvalue weighted by Gasteiger charge is -2.14. The highest BCUT2D eigenvalue weighted by atomic mass is 19.4. The highest BCUT2D eigenvalue weighted by Crippen LogP contribution is 2.24. The molecule has 0 amide bonds. The molecule has 1 heterocycles. The molecule has 5 heteroatoms. The highest BCUT2D eigenvalue weighted by Gasteiger charge is 2.44. The Balaban J connectivity index is 2.42. The normalized spacial score (nSPS) is 32.7. The van der Waals surface area contributed by atoms with Crippen LogP contribution in [0.1, 0.15) is 13.3 Å². The van der Waals surface area contributed by atoms with Gasteiger partial charge < -0.3 is 4.74 Å². The molecule has 11 heavy (non-hydrogen) atoms. The van der Waals surface area contributed by atoms with Gasteiger partial charge in [0.25, 0.3) is 0 Å². The molecule has 2 atom stereocenters. The maximum absolute atomic E-state index is 11.9. The van der Waals surface area contributed by atoms with Gasteiger partial charge in [-0.3, -0.25) is 5.32 Å². The SMILES string of the molecule is CCC1COC(C(F)(F)F)N1. The van der Waals surface area contributed by atoms with Crippen molar-refractivity contribution in [3.8, 4) is 0 Å². The van der Waals surface area contributed by atoms with Crippen molar-refractivity contribution >= 4 is 0 Å². The third-order valence-electron chi connectivity index (χ3n) is 1.64. The second-order valence-electron chi connectivity index (χ2n) is 2.53. The number of rotatable bonds is 1. The van der Waals surface area contributed by atoms with Gasteiger partial charge in [-0.15, -0.1) is 0 Å². The van der Waals surface area contributed by atoms with E-state index in [2.05, 4.69) is 10.1 Å². The zero-order valence-electron chi connectivity index (χ0n) is 6.11. The Morgan fingerprint density at radius 1 is 1.55 bits per heavy atom. The van der Waals surface area contributed by atoms with Gasteiger partial charge in [0.1, 0.15) is 0 Å². The summed E-state index contributed by atoms with van der Waals surface area (Å²) in [6, 6.07) is -0.151. The first-order valence-electron chi connectivity index (χ1n) is 3.48. The van der Waals surface area contributed by atoms with E-state index in [-0.39, 0.29) is 12.6 Å².